The molecule has 0 aromatic carbocycles. The summed E-state index contributed by atoms with van der Waals surface area (Å²) in [5, 5.41) is 6.50. The van der Waals surface area contributed by atoms with Gasteiger partial charge in [-0.05, 0) is 13.3 Å². The molecule has 13 heavy (non-hydrogen) atoms. The molecular weight excluding hydrogens is 166 g/mol. The molecule has 1 atom stereocenters. The van der Waals surface area contributed by atoms with Gasteiger partial charge in [-0.25, -0.2) is 0 Å². The monoisotopic (exact) mass is 181 g/mol. The van der Waals surface area contributed by atoms with Crippen LogP contribution < -0.4 is 5.73 Å². The fourth-order valence-electron chi connectivity index (χ4n) is 1.24. The van der Waals surface area contributed by atoms with Crippen molar-refractivity contribution in [1.29, 1.82) is 0 Å². The second-order valence-electron chi connectivity index (χ2n) is 3.17. The zero-order valence-electron chi connectivity index (χ0n) is 8.00. The normalized spacial score (nSPS) is 12.8. The van der Waals surface area contributed by atoms with Crippen LogP contribution in [0.5, 0.6) is 0 Å². The Balaban J connectivity index is 2.73. The van der Waals surface area contributed by atoms with Gasteiger partial charge in [0.05, 0.1) is 17.8 Å². The van der Waals surface area contributed by atoms with E-state index in [1.807, 2.05) is 13.8 Å². The predicted octanol–water partition coefficient (Wildman–Crippen LogP) is 1.03. The smallest absolute Gasteiger partial charge is 0.182 e. The van der Waals surface area contributed by atoms with Crippen molar-refractivity contribution in [1.82, 2.24) is 10.2 Å². The summed E-state index contributed by atoms with van der Waals surface area (Å²) in [7, 11) is 0. The lowest BCUT2D eigenvalue weighted by molar-refractivity contribution is 0.0956. The van der Waals surface area contributed by atoms with Crippen molar-refractivity contribution in [2.45, 2.75) is 32.7 Å². The largest absolute Gasteiger partial charge is 0.321 e. The van der Waals surface area contributed by atoms with Gasteiger partial charge < -0.3 is 5.73 Å². The summed E-state index contributed by atoms with van der Waals surface area (Å²) in [4.78, 5) is 11.6. The van der Waals surface area contributed by atoms with E-state index < -0.39 is 0 Å². The number of ketones is 1. The Morgan fingerprint density at radius 2 is 2.46 bits per heavy atom. The van der Waals surface area contributed by atoms with E-state index in [2.05, 4.69) is 10.2 Å². The van der Waals surface area contributed by atoms with E-state index in [0.717, 1.165) is 18.5 Å². The molecule has 0 amide bonds. The molecule has 0 radical (unpaired) electrons. The predicted molar refractivity (Wildman–Crippen MR) is 50.5 cm³/mol. The highest BCUT2D eigenvalue weighted by Gasteiger charge is 2.17. The molecule has 0 spiro atoms. The summed E-state index contributed by atoms with van der Waals surface area (Å²) in [6.07, 6.45) is 3.18. The van der Waals surface area contributed by atoms with E-state index >= 15 is 0 Å². The third kappa shape index (κ3) is 2.15. The number of aromatic nitrogens is 2. The molecule has 1 aromatic rings. The fourth-order valence-corrected chi connectivity index (χ4v) is 1.24. The molecule has 0 saturated heterocycles. The molecule has 0 aliphatic carbocycles. The number of carbonyl (C=O) groups is 1. The zero-order valence-corrected chi connectivity index (χ0v) is 8.00. The molecule has 1 unspecified atom stereocenters. The van der Waals surface area contributed by atoms with Crippen molar-refractivity contribution in [3.63, 3.8) is 0 Å². The maximum Gasteiger partial charge on any atom is 0.182 e. The standard InChI is InChI=1S/C9H15N3O/c1-3-4-8(10)9(13)7-5-11-12-6(7)2/h5,8H,3-4,10H2,1-2H3,(H,11,12). The molecule has 0 bridgehead atoms. The number of nitrogens with zero attached hydrogens (tertiary/aromatic N) is 1. The summed E-state index contributed by atoms with van der Waals surface area (Å²) in [5.74, 6) is -0.0203. The highest BCUT2D eigenvalue weighted by molar-refractivity contribution is 6.00. The van der Waals surface area contributed by atoms with Gasteiger partial charge in [0.2, 0.25) is 0 Å². The van der Waals surface area contributed by atoms with Gasteiger partial charge in [0.25, 0.3) is 0 Å². The molecule has 1 rings (SSSR count). The van der Waals surface area contributed by atoms with Gasteiger partial charge in [0.1, 0.15) is 0 Å². The molecule has 0 aliphatic rings. The molecule has 0 saturated carbocycles. The zero-order chi connectivity index (χ0) is 9.84. The second kappa shape index (κ2) is 4.18. The number of hydrogen-bond acceptors (Lipinski definition) is 3. The molecule has 1 aromatic heterocycles. The van der Waals surface area contributed by atoms with Crippen LogP contribution in [0.1, 0.15) is 35.8 Å². The summed E-state index contributed by atoms with van der Waals surface area (Å²) in [6.45, 7) is 3.83. The minimum Gasteiger partial charge on any atom is -0.321 e. The minimum absolute atomic E-state index is 0.0203. The molecule has 3 N–H and O–H groups in total. The number of hydrogen-bond donors (Lipinski definition) is 2. The van der Waals surface area contributed by atoms with Gasteiger partial charge in [-0.1, -0.05) is 13.3 Å². The Kier molecular flexibility index (Phi) is 3.19. The lowest BCUT2D eigenvalue weighted by atomic mass is 10.0. The van der Waals surface area contributed by atoms with Gasteiger partial charge in [-0.2, -0.15) is 5.10 Å². The quantitative estimate of drug-likeness (QED) is 0.681. The number of carbonyl (C=O) groups excluding carboxylic acids is 1. The van der Waals surface area contributed by atoms with Crippen molar-refractivity contribution in [3.05, 3.63) is 17.5 Å². The van der Waals surface area contributed by atoms with Gasteiger partial charge in [-0.15, -0.1) is 0 Å². The third-order valence-corrected chi connectivity index (χ3v) is 2.03. The van der Waals surface area contributed by atoms with Crippen molar-refractivity contribution < 1.29 is 4.79 Å². The van der Waals surface area contributed by atoms with E-state index in [-0.39, 0.29) is 11.8 Å². The highest BCUT2D eigenvalue weighted by atomic mass is 16.1. The Bertz CT molecular complexity index is 293. The summed E-state index contributed by atoms with van der Waals surface area (Å²) in [6, 6.07) is -0.388. The second-order valence-corrected chi connectivity index (χ2v) is 3.17. The van der Waals surface area contributed by atoms with Gasteiger partial charge in [0, 0.05) is 5.69 Å². The van der Waals surface area contributed by atoms with E-state index in [4.69, 9.17) is 5.73 Å². The number of Topliss-reactive ketones (excluding diaryl/α,β-unsaturated/α-hetero) is 1. The summed E-state index contributed by atoms with van der Waals surface area (Å²) in [5.41, 5.74) is 7.10. The minimum atomic E-state index is -0.388. The van der Waals surface area contributed by atoms with Crippen LogP contribution in [0.2, 0.25) is 0 Å². The van der Waals surface area contributed by atoms with Crippen LogP contribution in [0.3, 0.4) is 0 Å². The Morgan fingerprint density at radius 3 is 2.92 bits per heavy atom. The lowest BCUT2D eigenvalue weighted by Gasteiger charge is -2.07. The first-order chi connectivity index (χ1) is 6.16. The fraction of sp³-hybridized carbons (Fsp3) is 0.556. The molecule has 4 heteroatoms. The van der Waals surface area contributed by atoms with E-state index in [1.165, 1.54) is 6.20 Å². The van der Waals surface area contributed by atoms with Crippen molar-refractivity contribution in [3.8, 4) is 0 Å². The third-order valence-electron chi connectivity index (χ3n) is 2.03. The van der Waals surface area contributed by atoms with E-state index in [1.54, 1.807) is 0 Å². The number of H-pyrrole nitrogens is 1. The number of nitrogens with one attached hydrogen (secondary N) is 1. The molecule has 1 heterocycles. The van der Waals surface area contributed by atoms with E-state index in [9.17, 15) is 4.79 Å². The Morgan fingerprint density at radius 1 is 1.77 bits per heavy atom. The van der Waals surface area contributed by atoms with Crippen LogP contribution in [0.15, 0.2) is 6.20 Å². The maximum atomic E-state index is 11.6. The lowest BCUT2D eigenvalue weighted by Crippen LogP contribution is -2.30. The topological polar surface area (TPSA) is 71.8 Å². The van der Waals surface area contributed by atoms with Crippen LogP contribution in [0, 0.1) is 6.92 Å². The van der Waals surface area contributed by atoms with Crippen molar-refractivity contribution >= 4 is 5.78 Å². The average Bonchev–Trinajstić information content (AvgIpc) is 2.50. The number of aromatic amines is 1. The maximum absolute atomic E-state index is 11.6. The van der Waals surface area contributed by atoms with Crippen LogP contribution >= 0.6 is 0 Å². The first kappa shape index (κ1) is 9.92. The Labute approximate surface area is 77.5 Å². The van der Waals surface area contributed by atoms with Crippen LogP contribution in [0.4, 0.5) is 0 Å². The molecular formula is C9H15N3O. The molecule has 0 aliphatic heterocycles. The Hall–Kier alpha value is -1.16. The van der Waals surface area contributed by atoms with Crippen molar-refractivity contribution in [2.75, 3.05) is 0 Å². The van der Waals surface area contributed by atoms with Crippen LogP contribution in [0.25, 0.3) is 0 Å². The SMILES string of the molecule is CCCC(N)C(=O)c1cn[nH]c1C. The molecule has 72 valence electrons. The van der Waals surface area contributed by atoms with Gasteiger partial charge in [-0.3, -0.25) is 9.89 Å². The molecule has 4 nitrogen and oxygen atoms in total. The van der Waals surface area contributed by atoms with E-state index in [0.29, 0.717) is 5.56 Å². The highest BCUT2D eigenvalue weighted by Crippen LogP contribution is 2.08. The number of aryl methyl sites for hydroxylation is 1. The van der Waals surface area contributed by atoms with Gasteiger partial charge >= 0.3 is 0 Å². The number of nitrogens with two attached hydrogens (primary N) is 1. The van der Waals surface area contributed by atoms with Crippen LogP contribution in [-0.2, 0) is 0 Å². The van der Waals surface area contributed by atoms with Crippen LogP contribution in [-0.4, -0.2) is 22.0 Å². The van der Waals surface area contributed by atoms with Gasteiger partial charge in [0.15, 0.2) is 5.78 Å². The average molecular weight is 181 g/mol. The molecule has 0 fully saturated rings. The summed E-state index contributed by atoms with van der Waals surface area (Å²) >= 11 is 0. The summed E-state index contributed by atoms with van der Waals surface area (Å²) < 4.78 is 0. The first-order valence-electron chi connectivity index (χ1n) is 4.46. The van der Waals surface area contributed by atoms with Crippen molar-refractivity contribution in [2.24, 2.45) is 5.73 Å². The number of rotatable bonds is 4. The first-order valence-corrected chi connectivity index (χ1v) is 4.46.